The number of furan rings is 1. The van der Waals surface area contributed by atoms with E-state index < -0.39 is 24.9 Å². The van der Waals surface area contributed by atoms with Gasteiger partial charge in [-0.2, -0.15) is 0 Å². The molecule has 2 aliphatic heterocycles. The maximum absolute atomic E-state index is 13.2. The molecule has 3 heterocycles. The third-order valence-electron chi connectivity index (χ3n) is 4.57. The van der Waals surface area contributed by atoms with Gasteiger partial charge in [-0.3, -0.25) is 15.0 Å². The van der Waals surface area contributed by atoms with E-state index in [2.05, 4.69) is 15.5 Å². The molecule has 2 atom stereocenters. The highest BCUT2D eigenvalue weighted by molar-refractivity contribution is 5.85. The Hall–Kier alpha value is -0.890. The van der Waals surface area contributed by atoms with Crippen LogP contribution < -0.4 is 10.6 Å². The quantitative estimate of drug-likeness (QED) is 0.798. The molecule has 2 aliphatic rings. The highest BCUT2D eigenvalue weighted by Gasteiger charge is 2.42. The second-order valence-corrected chi connectivity index (χ2v) is 6.45. The minimum atomic E-state index is -2.80. The van der Waals surface area contributed by atoms with Gasteiger partial charge in [-0.05, 0) is 45.0 Å². The molecule has 0 spiro atoms. The number of hydrogen-bond acceptors (Lipinski definition) is 4. The number of carbonyl (C=O) groups is 1. The Kier molecular flexibility index (Phi) is 8.12. The first-order chi connectivity index (χ1) is 10.9. The monoisotopic (exact) mass is 399 g/mol. The van der Waals surface area contributed by atoms with Crippen molar-refractivity contribution in [1.29, 1.82) is 0 Å². The number of likely N-dealkylation sites (tertiary alicyclic amines) is 1. The van der Waals surface area contributed by atoms with Crippen molar-refractivity contribution in [3.8, 4) is 0 Å². The Labute approximate surface area is 158 Å². The summed E-state index contributed by atoms with van der Waals surface area (Å²) in [6.45, 7) is 3.74. The zero-order chi connectivity index (χ0) is 16.4. The van der Waals surface area contributed by atoms with E-state index in [1.165, 1.54) is 0 Å². The molecule has 0 saturated carbocycles. The summed E-state index contributed by atoms with van der Waals surface area (Å²) in [6, 6.07) is 2.96. The van der Waals surface area contributed by atoms with Crippen LogP contribution in [0.1, 0.15) is 36.8 Å². The molecule has 25 heavy (non-hydrogen) atoms. The van der Waals surface area contributed by atoms with Gasteiger partial charge < -0.3 is 9.73 Å². The molecule has 0 aromatic carbocycles. The van der Waals surface area contributed by atoms with E-state index in [0.717, 1.165) is 37.5 Å². The lowest BCUT2D eigenvalue weighted by molar-refractivity contribution is -0.123. The lowest BCUT2D eigenvalue weighted by atomic mass is 10.1. The summed E-state index contributed by atoms with van der Waals surface area (Å²) >= 11 is 0. The minimum Gasteiger partial charge on any atom is -0.465 e. The molecule has 144 valence electrons. The van der Waals surface area contributed by atoms with Crippen molar-refractivity contribution in [3.63, 3.8) is 0 Å². The van der Waals surface area contributed by atoms with Crippen LogP contribution >= 0.6 is 24.8 Å². The Morgan fingerprint density at radius 2 is 2.08 bits per heavy atom. The molecule has 2 fully saturated rings. The maximum Gasteiger partial charge on any atom is 0.262 e. The van der Waals surface area contributed by atoms with Crippen molar-refractivity contribution in [2.24, 2.45) is 0 Å². The van der Waals surface area contributed by atoms with Gasteiger partial charge in [-0.15, -0.1) is 24.8 Å². The topological polar surface area (TPSA) is 57.5 Å². The maximum atomic E-state index is 13.2. The average molecular weight is 400 g/mol. The van der Waals surface area contributed by atoms with Crippen molar-refractivity contribution >= 4 is 30.7 Å². The van der Waals surface area contributed by atoms with Crippen LogP contribution in [-0.2, 0) is 4.79 Å². The number of carbonyl (C=O) groups excluding carboxylic acids is 1. The summed E-state index contributed by atoms with van der Waals surface area (Å²) in [5.74, 6) is -1.52. The molecule has 3 rings (SSSR count). The van der Waals surface area contributed by atoms with Crippen LogP contribution in [0.5, 0.6) is 0 Å². The first kappa shape index (κ1) is 22.2. The first-order valence-corrected chi connectivity index (χ1v) is 8.14. The predicted octanol–water partition coefficient (Wildman–Crippen LogP) is 2.68. The zero-order valence-corrected chi connectivity index (χ0v) is 15.7. The van der Waals surface area contributed by atoms with Crippen LogP contribution in [0.15, 0.2) is 16.5 Å². The molecule has 1 aromatic heterocycles. The van der Waals surface area contributed by atoms with Crippen LogP contribution in [0.3, 0.4) is 0 Å². The van der Waals surface area contributed by atoms with E-state index in [-0.39, 0.29) is 36.8 Å². The molecule has 5 nitrogen and oxygen atoms in total. The Morgan fingerprint density at radius 1 is 1.40 bits per heavy atom. The largest absolute Gasteiger partial charge is 0.465 e. The predicted molar refractivity (Wildman–Crippen MR) is 95.9 cm³/mol. The molecule has 0 aliphatic carbocycles. The van der Waals surface area contributed by atoms with Crippen molar-refractivity contribution in [3.05, 3.63) is 23.7 Å². The number of hydrogen-bond donors (Lipinski definition) is 2. The third-order valence-corrected chi connectivity index (χ3v) is 4.57. The smallest absolute Gasteiger partial charge is 0.262 e. The fourth-order valence-corrected chi connectivity index (χ4v) is 3.32. The number of rotatable bonds is 5. The molecule has 1 aromatic rings. The Morgan fingerprint density at radius 3 is 2.60 bits per heavy atom. The molecular formula is C16H25Cl2F2N3O2. The number of alkyl halides is 2. The van der Waals surface area contributed by atoms with Crippen molar-refractivity contribution < 1.29 is 18.0 Å². The van der Waals surface area contributed by atoms with E-state index in [1.54, 1.807) is 0 Å². The van der Waals surface area contributed by atoms with E-state index in [1.807, 2.05) is 19.1 Å². The lowest BCUT2D eigenvalue weighted by Crippen LogP contribution is -2.44. The number of aryl methyl sites for hydroxylation is 1. The molecule has 2 unspecified atom stereocenters. The van der Waals surface area contributed by atoms with Crippen molar-refractivity contribution in [2.45, 2.75) is 44.2 Å². The van der Waals surface area contributed by atoms with Gasteiger partial charge >= 0.3 is 0 Å². The summed E-state index contributed by atoms with van der Waals surface area (Å²) in [7, 11) is 0. The van der Waals surface area contributed by atoms with Crippen molar-refractivity contribution in [2.75, 3.05) is 26.2 Å². The molecule has 0 bridgehead atoms. The van der Waals surface area contributed by atoms with Gasteiger partial charge in [0.2, 0.25) is 5.91 Å². The summed E-state index contributed by atoms with van der Waals surface area (Å²) in [5.41, 5.74) is 0. The van der Waals surface area contributed by atoms with Gasteiger partial charge in [0.15, 0.2) is 0 Å². The zero-order valence-electron chi connectivity index (χ0n) is 14.1. The fourth-order valence-electron chi connectivity index (χ4n) is 3.32. The van der Waals surface area contributed by atoms with Gasteiger partial charge in [0, 0.05) is 13.0 Å². The SMILES string of the molecule is Cc1ccc(C(CNC(=O)C2CC(F)(F)CN2)N2CCCC2)o1.Cl.Cl. The number of amides is 1. The second kappa shape index (κ2) is 9.16. The Balaban J connectivity index is 0.00000156. The van der Waals surface area contributed by atoms with Crippen LogP contribution in [0.2, 0.25) is 0 Å². The van der Waals surface area contributed by atoms with E-state index in [4.69, 9.17) is 4.42 Å². The average Bonchev–Trinajstić information content (AvgIpc) is 3.21. The highest BCUT2D eigenvalue weighted by atomic mass is 35.5. The van der Waals surface area contributed by atoms with Crippen LogP contribution in [0, 0.1) is 6.92 Å². The highest BCUT2D eigenvalue weighted by Crippen LogP contribution is 2.27. The number of nitrogens with one attached hydrogen (secondary N) is 2. The first-order valence-electron chi connectivity index (χ1n) is 8.14. The standard InChI is InChI=1S/C16H23F2N3O2.2ClH/c1-11-4-5-14(23-11)13(21-6-2-3-7-21)9-19-15(22)12-8-16(17,18)10-20-12;;/h4-5,12-13,20H,2-3,6-10H2,1H3,(H,19,22);2*1H. The number of nitrogens with zero attached hydrogens (tertiary/aromatic N) is 1. The summed E-state index contributed by atoms with van der Waals surface area (Å²) in [4.78, 5) is 14.4. The normalized spacial score (nSPS) is 23.6. The summed E-state index contributed by atoms with van der Waals surface area (Å²) in [5, 5.41) is 5.40. The van der Waals surface area contributed by atoms with Gasteiger partial charge in [-0.1, -0.05) is 0 Å². The second-order valence-electron chi connectivity index (χ2n) is 6.45. The molecular weight excluding hydrogens is 375 g/mol. The van der Waals surface area contributed by atoms with Crippen molar-refractivity contribution in [1.82, 2.24) is 15.5 Å². The van der Waals surface area contributed by atoms with Gasteiger partial charge in [0.1, 0.15) is 11.5 Å². The lowest BCUT2D eigenvalue weighted by Gasteiger charge is -2.26. The third kappa shape index (κ3) is 5.54. The van der Waals surface area contributed by atoms with Crippen LogP contribution in [-0.4, -0.2) is 49.0 Å². The summed E-state index contributed by atoms with van der Waals surface area (Å²) < 4.78 is 32.1. The van der Waals surface area contributed by atoms with E-state index >= 15 is 0 Å². The molecule has 2 saturated heterocycles. The fraction of sp³-hybridized carbons (Fsp3) is 0.688. The van der Waals surface area contributed by atoms with Gasteiger partial charge in [0.05, 0.1) is 18.6 Å². The van der Waals surface area contributed by atoms with Crippen LogP contribution in [0.4, 0.5) is 8.78 Å². The molecule has 2 N–H and O–H groups in total. The minimum absolute atomic E-state index is 0. The van der Waals surface area contributed by atoms with Crippen LogP contribution in [0.25, 0.3) is 0 Å². The van der Waals surface area contributed by atoms with Gasteiger partial charge in [-0.25, -0.2) is 8.78 Å². The van der Waals surface area contributed by atoms with E-state index in [9.17, 15) is 13.6 Å². The number of halogens is 4. The molecule has 9 heteroatoms. The Bertz CT molecular complexity index is 565. The van der Waals surface area contributed by atoms with Gasteiger partial charge in [0.25, 0.3) is 5.92 Å². The summed E-state index contributed by atoms with van der Waals surface area (Å²) in [6.07, 6.45) is 1.81. The molecule has 1 amide bonds. The molecule has 0 radical (unpaired) electrons. The van der Waals surface area contributed by atoms with E-state index in [0.29, 0.717) is 6.54 Å².